The molecule has 3 rings (SSSR count). The topological polar surface area (TPSA) is 49.4 Å². The highest BCUT2D eigenvalue weighted by Crippen LogP contribution is 2.27. The van der Waals surface area contributed by atoms with Crippen LogP contribution in [0.2, 0.25) is 0 Å². The van der Waals surface area contributed by atoms with Crippen LogP contribution in [0.5, 0.6) is 0 Å². The van der Waals surface area contributed by atoms with Gasteiger partial charge in [0.05, 0.1) is 12.5 Å². The predicted octanol–water partition coefficient (Wildman–Crippen LogP) is 4.58. The number of hydrogen-bond donors (Lipinski definition) is 1. The lowest BCUT2D eigenvalue weighted by molar-refractivity contribution is -0.135. The molecule has 0 spiro atoms. The number of hydrogen-bond acceptors (Lipinski definition) is 2. The molecule has 0 aliphatic heterocycles. The van der Waals surface area contributed by atoms with Crippen LogP contribution in [0.3, 0.4) is 0 Å². The molecule has 0 unspecified atom stereocenters. The molecule has 3 aromatic rings. The van der Waals surface area contributed by atoms with Crippen molar-refractivity contribution >= 4 is 17.5 Å². The molecular formula is C24H22F2N2O2. The number of carbonyl (C=O) groups excluding carboxylic acids is 2. The Morgan fingerprint density at radius 3 is 1.80 bits per heavy atom. The molecule has 6 heteroatoms. The maximum absolute atomic E-state index is 13.8. The van der Waals surface area contributed by atoms with Crippen molar-refractivity contribution in [3.8, 4) is 0 Å². The number of nitrogens with one attached hydrogen (secondary N) is 1. The normalized spacial score (nSPS) is 10.7. The fourth-order valence-corrected chi connectivity index (χ4v) is 3.27. The molecule has 30 heavy (non-hydrogen) atoms. The third-order valence-electron chi connectivity index (χ3n) is 4.77. The Hall–Kier alpha value is -3.54. The lowest BCUT2D eigenvalue weighted by Gasteiger charge is -2.26. The molecule has 154 valence electrons. The first kappa shape index (κ1) is 21.2. The second kappa shape index (κ2) is 9.78. The molecule has 0 aliphatic rings. The van der Waals surface area contributed by atoms with Crippen molar-refractivity contribution in [2.24, 2.45) is 0 Å². The van der Waals surface area contributed by atoms with Gasteiger partial charge < -0.3 is 10.2 Å². The van der Waals surface area contributed by atoms with Gasteiger partial charge in [-0.3, -0.25) is 9.59 Å². The van der Waals surface area contributed by atoms with Crippen LogP contribution < -0.4 is 5.32 Å². The van der Waals surface area contributed by atoms with E-state index in [0.29, 0.717) is 0 Å². The largest absolute Gasteiger partial charge is 0.333 e. The molecule has 0 fully saturated rings. The van der Waals surface area contributed by atoms with Gasteiger partial charge in [-0.15, -0.1) is 0 Å². The van der Waals surface area contributed by atoms with E-state index in [-0.39, 0.29) is 19.0 Å². The second-order valence-electron chi connectivity index (χ2n) is 6.75. The summed E-state index contributed by atoms with van der Waals surface area (Å²) in [5, 5.41) is 2.23. The SMILES string of the molecule is CCN(CC(=O)Nc1c(F)cccc1F)C(=O)C(c1ccccc1)c1ccccc1. The molecule has 4 nitrogen and oxygen atoms in total. The molecule has 0 radical (unpaired) electrons. The number of likely N-dealkylation sites (N-methyl/N-ethyl adjacent to an activating group) is 1. The summed E-state index contributed by atoms with van der Waals surface area (Å²) >= 11 is 0. The number of anilines is 1. The van der Waals surface area contributed by atoms with Gasteiger partial charge in [0.2, 0.25) is 11.8 Å². The average molecular weight is 408 g/mol. The van der Waals surface area contributed by atoms with Crippen LogP contribution in [0.4, 0.5) is 14.5 Å². The Balaban J connectivity index is 1.83. The fourth-order valence-electron chi connectivity index (χ4n) is 3.27. The molecule has 1 N–H and O–H groups in total. The lowest BCUT2D eigenvalue weighted by atomic mass is 9.90. The van der Waals surface area contributed by atoms with E-state index >= 15 is 0 Å². The zero-order chi connectivity index (χ0) is 21.5. The zero-order valence-electron chi connectivity index (χ0n) is 16.5. The highest BCUT2D eigenvalue weighted by molar-refractivity contribution is 5.96. The maximum Gasteiger partial charge on any atom is 0.244 e. The highest BCUT2D eigenvalue weighted by atomic mass is 19.1. The average Bonchev–Trinajstić information content (AvgIpc) is 2.76. The first-order valence-electron chi connectivity index (χ1n) is 9.63. The second-order valence-corrected chi connectivity index (χ2v) is 6.75. The van der Waals surface area contributed by atoms with Crippen molar-refractivity contribution < 1.29 is 18.4 Å². The minimum atomic E-state index is -0.871. The number of para-hydroxylation sites is 1. The molecular weight excluding hydrogens is 386 g/mol. The van der Waals surface area contributed by atoms with E-state index in [1.807, 2.05) is 60.7 Å². The van der Waals surface area contributed by atoms with Crippen molar-refractivity contribution in [1.82, 2.24) is 4.90 Å². The molecule has 0 heterocycles. The van der Waals surface area contributed by atoms with Crippen molar-refractivity contribution in [3.05, 3.63) is 102 Å². The van der Waals surface area contributed by atoms with Gasteiger partial charge in [-0.1, -0.05) is 66.7 Å². The first-order chi connectivity index (χ1) is 14.5. The summed E-state index contributed by atoms with van der Waals surface area (Å²) < 4.78 is 27.6. The number of rotatable bonds is 7. The van der Waals surface area contributed by atoms with Gasteiger partial charge in [0.1, 0.15) is 17.3 Å². The molecule has 0 aromatic heterocycles. The molecule has 2 amide bonds. The highest BCUT2D eigenvalue weighted by Gasteiger charge is 2.28. The van der Waals surface area contributed by atoms with E-state index in [9.17, 15) is 18.4 Å². The van der Waals surface area contributed by atoms with Crippen LogP contribution in [0.1, 0.15) is 24.0 Å². The Labute approximate surface area is 174 Å². The van der Waals surface area contributed by atoms with E-state index in [1.165, 1.54) is 11.0 Å². The van der Waals surface area contributed by atoms with Gasteiger partial charge in [-0.25, -0.2) is 8.78 Å². The molecule has 0 atom stereocenters. The predicted molar refractivity (Wildman–Crippen MR) is 112 cm³/mol. The number of amides is 2. The molecule has 0 saturated heterocycles. The van der Waals surface area contributed by atoms with Gasteiger partial charge in [-0.2, -0.15) is 0 Å². The standard InChI is InChI=1S/C24H22F2N2O2/c1-2-28(16-21(29)27-23-19(25)14-9-15-20(23)26)24(30)22(17-10-5-3-6-11-17)18-12-7-4-8-13-18/h3-15,22H,2,16H2,1H3,(H,27,29). The summed E-state index contributed by atoms with van der Waals surface area (Å²) in [5.74, 6) is -3.27. The molecule has 0 bridgehead atoms. The quantitative estimate of drug-likeness (QED) is 0.622. The Morgan fingerprint density at radius 1 is 0.833 bits per heavy atom. The van der Waals surface area contributed by atoms with Crippen molar-refractivity contribution in [1.29, 1.82) is 0 Å². The summed E-state index contributed by atoms with van der Waals surface area (Å²) in [7, 11) is 0. The maximum atomic E-state index is 13.8. The third-order valence-corrected chi connectivity index (χ3v) is 4.77. The number of halogens is 2. The Bertz CT molecular complexity index is 950. The summed E-state index contributed by atoms with van der Waals surface area (Å²) in [6.07, 6.45) is 0. The van der Waals surface area contributed by atoms with Crippen molar-refractivity contribution in [2.75, 3.05) is 18.4 Å². The summed E-state index contributed by atoms with van der Waals surface area (Å²) in [4.78, 5) is 27.2. The fraction of sp³-hybridized carbons (Fsp3) is 0.167. The van der Waals surface area contributed by atoms with Crippen LogP contribution in [-0.4, -0.2) is 29.8 Å². The van der Waals surface area contributed by atoms with E-state index in [1.54, 1.807) is 6.92 Å². The Kier molecular flexibility index (Phi) is 6.91. The smallest absolute Gasteiger partial charge is 0.244 e. The first-order valence-corrected chi connectivity index (χ1v) is 9.63. The van der Waals surface area contributed by atoms with Crippen LogP contribution in [0.25, 0.3) is 0 Å². The van der Waals surface area contributed by atoms with Gasteiger partial charge in [0.25, 0.3) is 0 Å². The molecule has 3 aromatic carbocycles. The van der Waals surface area contributed by atoms with Gasteiger partial charge >= 0.3 is 0 Å². The zero-order valence-corrected chi connectivity index (χ0v) is 16.5. The number of nitrogens with zero attached hydrogens (tertiary/aromatic N) is 1. The van der Waals surface area contributed by atoms with Gasteiger partial charge in [0.15, 0.2) is 0 Å². The molecule has 0 aliphatic carbocycles. The summed E-state index contributed by atoms with van der Waals surface area (Å²) in [6, 6.07) is 21.9. The van der Waals surface area contributed by atoms with E-state index in [2.05, 4.69) is 5.32 Å². The van der Waals surface area contributed by atoms with Crippen LogP contribution in [-0.2, 0) is 9.59 Å². The summed E-state index contributed by atoms with van der Waals surface area (Å²) in [6.45, 7) is 1.70. The third kappa shape index (κ3) is 4.89. The van der Waals surface area contributed by atoms with Crippen molar-refractivity contribution in [3.63, 3.8) is 0 Å². The van der Waals surface area contributed by atoms with Gasteiger partial charge in [-0.05, 0) is 30.2 Å². The van der Waals surface area contributed by atoms with Crippen LogP contribution in [0.15, 0.2) is 78.9 Å². The van der Waals surface area contributed by atoms with E-state index < -0.39 is 29.1 Å². The Morgan fingerprint density at radius 2 is 1.33 bits per heavy atom. The van der Waals surface area contributed by atoms with E-state index in [0.717, 1.165) is 23.3 Å². The van der Waals surface area contributed by atoms with Crippen LogP contribution >= 0.6 is 0 Å². The van der Waals surface area contributed by atoms with Gasteiger partial charge in [0, 0.05) is 6.54 Å². The minimum absolute atomic E-state index is 0.265. The van der Waals surface area contributed by atoms with E-state index in [4.69, 9.17) is 0 Å². The minimum Gasteiger partial charge on any atom is -0.333 e. The monoisotopic (exact) mass is 408 g/mol. The van der Waals surface area contributed by atoms with Crippen molar-refractivity contribution in [2.45, 2.75) is 12.8 Å². The van der Waals surface area contributed by atoms with Crippen LogP contribution in [0, 0.1) is 11.6 Å². The molecule has 0 saturated carbocycles. The lowest BCUT2D eigenvalue weighted by Crippen LogP contribution is -2.41. The number of benzene rings is 3. The summed E-state index contributed by atoms with van der Waals surface area (Å²) in [5.41, 5.74) is 1.08. The number of carbonyl (C=O) groups is 2.